The summed E-state index contributed by atoms with van der Waals surface area (Å²) in [5, 5.41) is 11.7. The van der Waals surface area contributed by atoms with Crippen molar-refractivity contribution in [3.05, 3.63) is 93.5 Å². The van der Waals surface area contributed by atoms with Gasteiger partial charge < -0.3 is 9.47 Å². The molecule has 0 bridgehead atoms. The molecule has 0 saturated carbocycles. The lowest BCUT2D eigenvalue weighted by Crippen LogP contribution is -2.54. The molecule has 0 aliphatic carbocycles. The predicted octanol–water partition coefficient (Wildman–Crippen LogP) is 5.16. The van der Waals surface area contributed by atoms with E-state index in [1.165, 1.54) is 12.1 Å². The maximum absolute atomic E-state index is 13.2. The number of amides is 4. The number of benzene rings is 3. The van der Waals surface area contributed by atoms with Crippen molar-refractivity contribution in [2.45, 2.75) is 20.5 Å². The summed E-state index contributed by atoms with van der Waals surface area (Å²) in [6, 6.07) is 18.2. The van der Waals surface area contributed by atoms with Crippen LogP contribution >= 0.6 is 11.6 Å². The van der Waals surface area contributed by atoms with Crippen molar-refractivity contribution < 1.29 is 23.9 Å². The molecule has 1 N–H and O–H groups in total. The van der Waals surface area contributed by atoms with E-state index in [-0.39, 0.29) is 23.0 Å². The van der Waals surface area contributed by atoms with Crippen LogP contribution in [0.5, 0.6) is 11.5 Å². The van der Waals surface area contributed by atoms with Gasteiger partial charge in [-0.2, -0.15) is 5.26 Å². The number of halogens is 1. The molecule has 0 unspecified atom stereocenters. The Morgan fingerprint density at radius 3 is 2.49 bits per heavy atom. The second-order valence-electron chi connectivity index (χ2n) is 8.11. The second kappa shape index (κ2) is 11.0. The third-order valence-electron chi connectivity index (χ3n) is 5.55. The molecule has 4 rings (SSSR count). The molecule has 0 atom stereocenters. The molecule has 37 heavy (non-hydrogen) atoms. The van der Waals surface area contributed by atoms with Crippen molar-refractivity contribution in [3.8, 4) is 17.6 Å². The van der Waals surface area contributed by atoms with E-state index in [1.807, 2.05) is 6.92 Å². The summed E-state index contributed by atoms with van der Waals surface area (Å²) < 4.78 is 11.6. The van der Waals surface area contributed by atoms with Crippen molar-refractivity contribution in [2.24, 2.45) is 0 Å². The van der Waals surface area contributed by atoms with Crippen molar-refractivity contribution in [1.82, 2.24) is 5.32 Å². The van der Waals surface area contributed by atoms with Gasteiger partial charge in [-0.15, -0.1) is 0 Å². The first-order valence-corrected chi connectivity index (χ1v) is 11.8. The lowest BCUT2D eigenvalue weighted by Gasteiger charge is -2.26. The Morgan fingerprint density at radius 2 is 1.78 bits per heavy atom. The standard InChI is InChI=1S/C28H22ClN3O5/c1-3-36-24-14-18(13-23(29)25(24)37-16-20-7-5-4-6-19(20)15-30)12-22-26(33)31-28(35)32(27(22)34)21-10-8-17(2)9-11-21/h4-14H,3,16H2,1-2H3,(H,31,33,35)/b22-12+. The average Bonchev–Trinajstić information content (AvgIpc) is 2.87. The number of carbonyl (C=O) groups excluding carboxylic acids is 3. The Labute approximate surface area is 218 Å². The first-order chi connectivity index (χ1) is 17.8. The first-order valence-electron chi connectivity index (χ1n) is 11.4. The summed E-state index contributed by atoms with van der Waals surface area (Å²) in [5.74, 6) is -1.03. The lowest BCUT2D eigenvalue weighted by atomic mass is 10.1. The van der Waals surface area contributed by atoms with E-state index in [0.29, 0.717) is 34.7 Å². The minimum Gasteiger partial charge on any atom is -0.490 e. The molecule has 0 spiro atoms. The van der Waals surface area contributed by atoms with Crippen LogP contribution in [-0.4, -0.2) is 24.5 Å². The van der Waals surface area contributed by atoms with Crippen LogP contribution in [-0.2, 0) is 16.2 Å². The topological polar surface area (TPSA) is 109 Å². The van der Waals surface area contributed by atoms with Gasteiger partial charge >= 0.3 is 6.03 Å². The minimum absolute atomic E-state index is 0.0818. The van der Waals surface area contributed by atoms with Gasteiger partial charge in [0.2, 0.25) is 0 Å². The molecule has 4 amide bonds. The number of aryl methyl sites for hydroxylation is 1. The van der Waals surface area contributed by atoms with Crippen molar-refractivity contribution in [2.75, 3.05) is 11.5 Å². The highest BCUT2D eigenvalue weighted by atomic mass is 35.5. The molecule has 186 valence electrons. The van der Waals surface area contributed by atoms with Crippen LogP contribution in [0.1, 0.15) is 29.2 Å². The zero-order valence-corrected chi connectivity index (χ0v) is 20.8. The van der Waals surface area contributed by atoms with Gasteiger partial charge in [-0.1, -0.05) is 47.5 Å². The van der Waals surface area contributed by atoms with Gasteiger partial charge in [0.25, 0.3) is 11.8 Å². The fourth-order valence-electron chi connectivity index (χ4n) is 3.73. The number of urea groups is 1. The smallest absolute Gasteiger partial charge is 0.335 e. The summed E-state index contributed by atoms with van der Waals surface area (Å²) in [6.07, 6.45) is 1.34. The van der Waals surface area contributed by atoms with Crippen LogP contribution < -0.4 is 19.7 Å². The molecule has 1 aliphatic heterocycles. The third-order valence-corrected chi connectivity index (χ3v) is 5.83. The van der Waals surface area contributed by atoms with E-state index in [1.54, 1.807) is 61.5 Å². The molecule has 0 aromatic heterocycles. The Kier molecular flexibility index (Phi) is 7.56. The number of hydrogen-bond donors (Lipinski definition) is 1. The molecule has 1 fully saturated rings. The van der Waals surface area contributed by atoms with Crippen LogP contribution in [0.2, 0.25) is 5.02 Å². The molecule has 1 heterocycles. The van der Waals surface area contributed by atoms with Crippen LogP contribution in [0, 0.1) is 18.3 Å². The van der Waals surface area contributed by atoms with Crippen LogP contribution in [0.4, 0.5) is 10.5 Å². The van der Waals surface area contributed by atoms with E-state index in [4.69, 9.17) is 21.1 Å². The Hall–Kier alpha value is -4.61. The predicted molar refractivity (Wildman–Crippen MR) is 138 cm³/mol. The zero-order valence-electron chi connectivity index (χ0n) is 20.1. The van der Waals surface area contributed by atoms with Gasteiger partial charge in [0, 0.05) is 5.56 Å². The highest BCUT2D eigenvalue weighted by Gasteiger charge is 2.36. The van der Waals surface area contributed by atoms with Crippen molar-refractivity contribution in [3.63, 3.8) is 0 Å². The maximum atomic E-state index is 13.2. The van der Waals surface area contributed by atoms with Crippen molar-refractivity contribution >= 4 is 41.2 Å². The van der Waals surface area contributed by atoms with Gasteiger partial charge in [-0.25, -0.2) is 9.69 Å². The lowest BCUT2D eigenvalue weighted by molar-refractivity contribution is -0.122. The third kappa shape index (κ3) is 5.47. The van der Waals surface area contributed by atoms with E-state index in [0.717, 1.165) is 10.5 Å². The Morgan fingerprint density at radius 1 is 1.05 bits per heavy atom. The number of imide groups is 2. The molecular formula is C28H22ClN3O5. The fourth-order valence-corrected chi connectivity index (χ4v) is 4.01. The number of hydrogen-bond acceptors (Lipinski definition) is 6. The number of rotatable bonds is 7. The number of anilines is 1. The van der Waals surface area contributed by atoms with Gasteiger partial charge in [0.05, 0.1) is 28.9 Å². The first kappa shape index (κ1) is 25.5. The minimum atomic E-state index is -0.828. The van der Waals surface area contributed by atoms with Gasteiger partial charge in [0.15, 0.2) is 11.5 Å². The highest BCUT2D eigenvalue weighted by Crippen LogP contribution is 2.38. The molecule has 8 nitrogen and oxygen atoms in total. The molecule has 1 saturated heterocycles. The van der Waals surface area contributed by atoms with E-state index in [9.17, 15) is 19.6 Å². The highest BCUT2D eigenvalue weighted by molar-refractivity contribution is 6.39. The number of nitrogens with one attached hydrogen (secondary N) is 1. The fraction of sp³-hybridized carbons (Fsp3) is 0.143. The molecule has 3 aromatic rings. The van der Waals surface area contributed by atoms with E-state index in [2.05, 4.69) is 11.4 Å². The monoisotopic (exact) mass is 515 g/mol. The van der Waals surface area contributed by atoms with Crippen molar-refractivity contribution in [1.29, 1.82) is 5.26 Å². The summed E-state index contributed by atoms with van der Waals surface area (Å²) >= 11 is 6.51. The average molecular weight is 516 g/mol. The molecular weight excluding hydrogens is 494 g/mol. The number of nitrogens with zero attached hydrogens (tertiary/aromatic N) is 2. The number of barbiturate groups is 1. The summed E-state index contributed by atoms with van der Waals surface area (Å²) in [7, 11) is 0. The van der Waals surface area contributed by atoms with Crippen LogP contribution in [0.25, 0.3) is 6.08 Å². The second-order valence-corrected chi connectivity index (χ2v) is 8.52. The van der Waals surface area contributed by atoms with Gasteiger partial charge in [0.1, 0.15) is 12.2 Å². The van der Waals surface area contributed by atoms with Crippen LogP contribution in [0.15, 0.2) is 66.2 Å². The van der Waals surface area contributed by atoms with Gasteiger partial charge in [-0.05, 0) is 55.8 Å². The largest absolute Gasteiger partial charge is 0.490 e. The van der Waals surface area contributed by atoms with E-state index < -0.39 is 17.8 Å². The normalized spacial score (nSPS) is 14.4. The summed E-state index contributed by atoms with van der Waals surface area (Å²) in [4.78, 5) is 39.1. The molecule has 9 heteroatoms. The SMILES string of the molecule is CCOc1cc(/C=C2\C(=O)NC(=O)N(c3ccc(C)cc3)C2=O)cc(Cl)c1OCc1ccccc1C#N. The number of ether oxygens (including phenoxy) is 2. The molecule has 0 radical (unpaired) electrons. The number of nitriles is 1. The quantitative estimate of drug-likeness (QED) is 0.344. The number of carbonyl (C=O) groups is 3. The molecule has 3 aromatic carbocycles. The van der Waals surface area contributed by atoms with E-state index >= 15 is 0 Å². The Balaban J connectivity index is 1.67. The Bertz CT molecular complexity index is 1460. The zero-order chi connectivity index (χ0) is 26.5. The van der Waals surface area contributed by atoms with Crippen LogP contribution in [0.3, 0.4) is 0 Å². The summed E-state index contributed by atoms with van der Waals surface area (Å²) in [6.45, 7) is 4.05. The maximum Gasteiger partial charge on any atom is 0.335 e. The summed E-state index contributed by atoms with van der Waals surface area (Å²) in [5.41, 5.74) is 2.61. The van der Waals surface area contributed by atoms with Gasteiger partial charge in [-0.3, -0.25) is 14.9 Å². The molecule has 1 aliphatic rings.